The first-order valence-corrected chi connectivity index (χ1v) is 13.0. The highest BCUT2D eigenvalue weighted by atomic mass is 16.5. The lowest BCUT2D eigenvalue weighted by Crippen LogP contribution is -2.38. The third-order valence-corrected chi connectivity index (χ3v) is 6.51. The lowest BCUT2D eigenvalue weighted by Gasteiger charge is -2.26. The molecule has 8 nitrogen and oxygen atoms in total. The van der Waals surface area contributed by atoms with E-state index in [1.807, 2.05) is 18.5 Å². The van der Waals surface area contributed by atoms with Crippen LogP contribution in [0, 0.1) is 0 Å². The average molecular weight is 481 g/mol. The fourth-order valence-corrected chi connectivity index (χ4v) is 4.72. The van der Waals surface area contributed by atoms with Crippen molar-refractivity contribution in [1.29, 1.82) is 0 Å². The summed E-state index contributed by atoms with van der Waals surface area (Å²) in [5, 5.41) is 4.57. The molecule has 2 aliphatic rings. The van der Waals surface area contributed by atoms with Crippen LogP contribution in [-0.2, 0) is 4.74 Å². The number of morpholine rings is 1. The Bertz CT molecular complexity index is 990. The third kappa shape index (κ3) is 6.86. The van der Waals surface area contributed by atoms with E-state index in [1.54, 1.807) is 0 Å². The summed E-state index contributed by atoms with van der Waals surface area (Å²) in [4.78, 5) is 12.9. The molecule has 0 saturated carbocycles. The summed E-state index contributed by atoms with van der Waals surface area (Å²) in [6.07, 6.45) is 11.5. The summed E-state index contributed by atoms with van der Waals surface area (Å²) in [7, 11) is 0. The molecular weight excluding hydrogens is 440 g/mol. The van der Waals surface area contributed by atoms with Gasteiger partial charge in [-0.1, -0.05) is 26.8 Å². The van der Waals surface area contributed by atoms with E-state index in [4.69, 9.17) is 14.5 Å². The van der Waals surface area contributed by atoms with Gasteiger partial charge in [0.25, 0.3) is 0 Å². The van der Waals surface area contributed by atoms with Crippen LogP contribution in [0.25, 0.3) is 6.08 Å². The van der Waals surface area contributed by atoms with Gasteiger partial charge in [0.1, 0.15) is 12.4 Å². The Labute approximate surface area is 209 Å². The number of pyridine rings is 1. The number of anilines is 2. The minimum absolute atomic E-state index is 0.485. The summed E-state index contributed by atoms with van der Waals surface area (Å²) in [5.74, 6) is 2.04. The van der Waals surface area contributed by atoms with Gasteiger partial charge in [0.05, 0.1) is 25.1 Å². The molecule has 190 valence electrons. The second kappa shape index (κ2) is 12.7. The van der Waals surface area contributed by atoms with Crippen LogP contribution in [0.15, 0.2) is 29.5 Å². The summed E-state index contributed by atoms with van der Waals surface area (Å²) in [5.41, 5.74) is 7.74. The van der Waals surface area contributed by atoms with Crippen LogP contribution in [0.4, 0.5) is 11.5 Å². The maximum Gasteiger partial charge on any atom is 0.217 e. The molecule has 1 fully saturated rings. The van der Waals surface area contributed by atoms with Crippen molar-refractivity contribution in [3.05, 3.63) is 41.2 Å². The van der Waals surface area contributed by atoms with E-state index in [1.165, 1.54) is 11.3 Å². The minimum Gasteiger partial charge on any atom is -0.476 e. The third-order valence-electron chi connectivity index (χ3n) is 6.51. The predicted molar refractivity (Wildman–Crippen MR) is 144 cm³/mol. The van der Waals surface area contributed by atoms with Crippen molar-refractivity contribution >= 4 is 23.8 Å². The number of fused-ring (bicyclic) bond motifs is 1. The number of hydrogen-bond donors (Lipinski definition) is 2. The molecule has 1 atom stereocenters. The number of aromatic amines is 1. The Morgan fingerprint density at radius 3 is 2.83 bits per heavy atom. The van der Waals surface area contributed by atoms with E-state index in [2.05, 4.69) is 64.3 Å². The average Bonchev–Trinajstić information content (AvgIpc) is 3.29. The van der Waals surface area contributed by atoms with Crippen LogP contribution in [0.2, 0.25) is 0 Å². The fourth-order valence-electron chi connectivity index (χ4n) is 4.72. The highest BCUT2D eigenvalue weighted by molar-refractivity contribution is 5.84. The van der Waals surface area contributed by atoms with Crippen molar-refractivity contribution in [2.24, 2.45) is 5.10 Å². The smallest absolute Gasteiger partial charge is 0.217 e. The van der Waals surface area contributed by atoms with Gasteiger partial charge in [-0.2, -0.15) is 10.1 Å². The Morgan fingerprint density at radius 2 is 2.06 bits per heavy atom. The van der Waals surface area contributed by atoms with E-state index >= 15 is 0 Å². The number of hydrazone groups is 1. The first-order chi connectivity index (χ1) is 17.2. The summed E-state index contributed by atoms with van der Waals surface area (Å²) >= 11 is 0. The maximum absolute atomic E-state index is 6.11. The van der Waals surface area contributed by atoms with Crippen molar-refractivity contribution in [3.63, 3.8) is 0 Å². The Balaban J connectivity index is 1.47. The number of nitrogens with one attached hydrogen (secondary N) is 2. The van der Waals surface area contributed by atoms with Gasteiger partial charge in [0, 0.05) is 62.3 Å². The molecule has 3 heterocycles. The molecule has 2 aromatic rings. The summed E-state index contributed by atoms with van der Waals surface area (Å²) in [6, 6.07) is 4.00. The number of rotatable bonds is 12. The zero-order valence-electron chi connectivity index (χ0n) is 21.4. The van der Waals surface area contributed by atoms with Crippen LogP contribution in [-0.4, -0.2) is 73.6 Å². The van der Waals surface area contributed by atoms with Gasteiger partial charge >= 0.3 is 0 Å². The maximum atomic E-state index is 6.11. The SMILES string of the molecule is CCCN(CCC)c1cc(N/N=C/c2c[nH]c3c2C(C)CC=C3)cc(OCCN2CCOCC2)n1. The summed E-state index contributed by atoms with van der Waals surface area (Å²) < 4.78 is 11.6. The van der Waals surface area contributed by atoms with E-state index in [9.17, 15) is 0 Å². The molecule has 1 unspecified atom stereocenters. The molecule has 1 saturated heterocycles. The first kappa shape index (κ1) is 25.3. The normalized spacial score (nSPS) is 18.1. The molecule has 0 aromatic carbocycles. The van der Waals surface area contributed by atoms with Crippen molar-refractivity contribution in [3.8, 4) is 5.88 Å². The van der Waals surface area contributed by atoms with Gasteiger partial charge in [0.2, 0.25) is 5.88 Å². The fraction of sp³-hybridized carbons (Fsp3) is 0.556. The lowest BCUT2D eigenvalue weighted by atomic mass is 9.90. The molecule has 2 aromatic heterocycles. The number of allylic oxidation sites excluding steroid dienone is 1. The number of hydrogen-bond acceptors (Lipinski definition) is 7. The molecule has 1 aliphatic heterocycles. The zero-order valence-corrected chi connectivity index (χ0v) is 21.4. The van der Waals surface area contributed by atoms with E-state index in [-0.39, 0.29) is 0 Å². The Kier molecular flexibility index (Phi) is 9.20. The molecule has 35 heavy (non-hydrogen) atoms. The number of nitrogens with zero attached hydrogens (tertiary/aromatic N) is 4. The van der Waals surface area contributed by atoms with Crippen LogP contribution in [0.3, 0.4) is 0 Å². The van der Waals surface area contributed by atoms with Crippen LogP contribution >= 0.6 is 0 Å². The Morgan fingerprint density at radius 1 is 1.26 bits per heavy atom. The van der Waals surface area contributed by atoms with Crippen LogP contribution < -0.4 is 15.1 Å². The van der Waals surface area contributed by atoms with Gasteiger partial charge in [-0.3, -0.25) is 10.3 Å². The first-order valence-electron chi connectivity index (χ1n) is 13.0. The highest BCUT2D eigenvalue weighted by Gasteiger charge is 2.17. The van der Waals surface area contributed by atoms with Crippen molar-refractivity contribution in [2.45, 2.75) is 46.0 Å². The molecule has 0 spiro atoms. The number of ether oxygens (including phenoxy) is 2. The predicted octanol–water partition coefficient (Wildman–Crippen LogP) is 4.71. The van der Waals surface area contributed by atoms with Gasteiger partial charge in [-0.25, -0.2) is 0 Å². The lowest BCUT2D eigenvalue weighted by molar-refractivity contribution is 0.0320. The minimum atomic E-state index is 0.485. The van der Waals surface area contributed by atoms with E-state index in [0.29, 0.717) is 18.4 Å². The van der Waals surface area contributed by atoms with Crippen LogP contribution in [0.5, 0.6) is 5.88 Å². The van der Waals surface area contributed by atoms with E-state index in [0.717, 1.165) is 82.3 Å². The van der Waals surface area contributed by atoms with E-state index < -0.39 is 0 Å². The Hall–Kier alpha value is -2.84. The van der Waals surface area contributed by atoms with Gasteiger partial charge in [-0.15, -0.1) is 0 Å². The molecule has 1 aliphatic carbocycles. The zero-order chi connectivity index (χ0) is 24.5. The number of H-pyrrole nitrogens is 1. The van der Waals surface area contributed by atoms with Gasteiger partial charge in [-0.05, 0) is 36.8 Å². The molecule has 0 amide bonds. The van der Waals surface area contributed by atoms with Gasteiger partial charge in [0.15, 0.2) is 0 Å². The number of aromatic nitrogens is 2. The highest BCUT2D eigenvalue weighted by Crippen LogP contribution is 2.31. The largest absolute Gasteiger partial charge is 0.476 e. The molecule has 4 rings (SSSR count). The van der Waals surface area contributed by atoms with Crippen molar-refractivity contribution in [2.75, 3.05) is 62.9 Å². The second-order valence-corrected chi connectivity index (χ2v) is 9.32. The molecule has 0 radical (unpaired) electrons. The molecule has 0 bridgehead atoms. The quantitative estimate of drug-likeness (QED) is 0.338. The molecule has 8 heteroatoms. The topological polar surface area (TPSA) is 78.0 Å². The molecular formula is C27H40N6O2. The second-order valence-electron chi connectivity index (χ2n) is 9.32. The van der Waals surface area contributed by atoms with Crippen molar-refractivity contribution < 1.29 is 9.47 Å². The monoisotopic (exact) mass is 480 g/mol. The van der Waals surface area contributed by atoms with Crippen LogP contribution in [0.1, 0.15) is 62.8 Å². The summed E-state index contributed by atoms with van der Waals surface area (Å²) in [6.45, 7) is 13.5. The standard InChI is InChI=1S/C27H40N6O2/c1-4-9-33(10-5-2)25-17-23(18-26(30-25)35-16-13-32-11-14-34-15-12-32)31-29-20-22-19-28-24-8-6-7-21(3)27(22)24/h6,8,17-21,28H,4-5,7,9-16H2,1-3H3,(H,30,31)/b29-20+. The van der Waals surface area contributed by atoms with Crippen molar-refractivity contribution in [1.82, 2.24) is 14.9 Å². The molecule has 2 N–H and O–H groups in total. The van der Waals surface area contributed by atoms with Gasteiger partial charge < -0.3 is 19.4 Å².